The molecule has 0 atom stereocenters. The van der Waals surface area contributed by atoms with Crippen LogP contribution < -0.4 is 10.6 Å². The number of amides is 4. The Kier molecular flexibility index (Phi) is 5.46. The van der Waals surface area contributed by atoms with Gasteiger partial charge in [-0.25, -0.2) is 4.79 Å². The number of carbonyl (C=O) groups is 3. The van der Waals surface area contributed by atoms with Gasteiger partial charge in [0, 0.05) is 32.7 Å². The third-order valence-corrected chi connectivity index (χ3v) is 4.75. The Bertz CT molecular complexity index is 691. The zero-order valence-electron chi connectivity index (χ0n) is 14.4. The molecule has 1 aromatic rings. The lowest BCUT2D eigenvalue weighted by Gasteiger charge is -2.45. The molecule has 2 aliphatic heterocycles. The summed E-state index contributed by atoms with van der Waals surface area (Å²) in [5.74, 6) is -1.29. The molecule has 0 saturated carbocycles. The summed E-state index contributed by atoms with van der Waals surface area (Å²) in [5, 5.41) is 13.5. The second-order valence-corrected chi connectivity index (χ2v) is 6.30. The van der Waals surface area contributed by atoms with E-state index < -0.39 is 23.4 Å². The van der Waals surface area contributed by atoms with Gasteiger partial charge in [0.05, 0.1) is 6.61 Å². The number of nitrogens with one attached hydrogen (secondary N) is 2. The van der Waals surface area contributed by atoms with E-state index in [-0.39, 0.29) is 6.61 Å². The third-order valence-electron chi connectivity index (χ3n) is 4.75. The van der Waals surface area contributed by atoms with Crippen molar-refractivity contribution < 1.29 is 19.5 Å². The predicted molar refractivity (Wildman–Crippen MR) is 95.0 cm³/mol. The number of nitrogens with zero attached hydrogens (tertiary/aromatic N) is 2. The second kappa shape index (κ2) is 7.77. The summed E-state index contributed by atoms with van der Waals surface area (Å²) in [4.78, 5) is 40.8. The summed E-state index contributed by atoms with van der Waals surface area (Å²) in [7, 11) is 0. The first-order chi connectivity index (χ1) is 12.6. The van der Waals surface area contributed by atoms with Crippen LogP contribution in [0.25, 0.3) is 6.08 Å². The molecule has 2 aliphatic rings. The Morgan fingerprint density at radius 1 is 1.00 bits per heavy atom. The predicted octanol–water partition coefficient (Wildman–Crippen LogP) is -0.585. The number of piperazine rings is 1. The van der Waals surface area contributed by atoms with E-state index in [1.807, 2.05) is 30.3 Å². The van der Waals surface area contributed by atoms with Crippen molar-refractivity contribution >= 4 is 23.9 Å². The molecule has 4 amide bonds. The average Bonchev–Trinajstić information content (AvgIpc) is 2.63. The van der Waals surface area contributed by atoms with Crippen molar-refractivity contribution in [1.29, 1.82) is 0 Å². The van der Waals surface area contributed by atoms with Crippen LogP contribution in [0.1, 0.15) is 5.56 Å². The molecule has 0 aromatic heterocycles. The number of benzene rings is 1. The monoisotopic (exact) mass is 358 g/mol. The van der Waals surface area contributed by atoms with E-state index in [9.17, 15) is 14.4 Å². The van der Waals surface area contributed by atoms with Crippen LogP contribution in [0.3, 0.4) is 0 Å². The summed E-state index contributed by atoms with van der Waals surface area (Å²) in [6.07, 6.45) is 3.27. The highest BCUT2D eigenvalue weighted by Crippen LogP contribution is 2.24. The fourth-order valence-electron chi connectivity index (χ4n) is 3.32. The Morgan fingerprint density at radius 3 is 2.19 bits per heavy atom. The topological polar surface area (TPSA) is 102 Å². The molecule has 0 spiro atoms. The van der Waals surface area contributed by atoms with E-state index in [1.165, 1.54) is 0 Å². The van der Waals surface area contributed by atoms with Crippen LogP contribution in [0.15, 0.2) is 36.4 Å². The number of imide groups is 2. The van der Waals surface area contributed by atoms with Crippen LogP contribution in [-0.2, 0) is 9.59 Å². The van der Waals surface area contributed by atoms with Crippen molar-refractivity contribution in [3.8, 4) is 0 Å². The van der Waals surface area contributed by atoms with Gasteiger partial charge in [-0.3, -0.25) is 30.0 Å². The van der Waals surface area contributed by atoms with Crippen LogP contribution in [0.2, 0.25) is 0 Å². The zero-order chi connectivity index (χ0) is 18.6. The highest BCUT2D eigenvalue weighted by molar-refractivity contribution is 6.24. The summed E-state index contributed by atoms with van der Waals surface area (Å²) < 4.78 is 0. The molecule has 2 saturated heterocycles. The van der Waals surface area contributed by atoms with Crippen LogP contribution in [0, 0.1) is 0 Å². The van der Waals surface area contributed by atoms with E-state index in [1.54, 1.807) is 17.1 Å². The molecule has 1 aromatic carbocycles. The van der Waals surface area contributed by atoms with Gasteiger partial charge in [0.15, 0.2) is 5.54 Å². The molecule has 26 heavy (non-hydrogen) atoms. The number of hydrogen-bond donors (Lipinski definition) is 3. The van der Waals surface area contributed by atoms with Gasteiger partial charge in [0.1, 0.15) is 0 Å². The quantitative estimate of drug-likeness (QED) is 0.609. The smallest absolute Gasteiger partial charge is 0.328 e. The number of aliphatic hydroxyl groups excluding tert-OH is 1. The van der Waals surface area contributed by atoms with Gasteiger partial charge in [-0.2, -0.15) is 0 Å². The van der Waals surface area contributed by atoms with Gasteiger partial charge >= 0.3 is 6.03 Å². The molecular formula is C18H22N4O4. The zero-order valence-corrected chi connectivity index (χ0v) is 14.4. The molecule has 0 aliphatic carbocycles. The first-order valence-corrected chi connectivity index (χ1v) is 8.55. The van der Waals surface area contributed by atoms with E-state index in [0.29, 0.717) is 32.7 Å². The number of carbonyl (C=O) groups excluding carboxylic acids is 3. The Morgan fingerprint density at radius 2 is 1.62 bits per heavy atom. The highest BCUT2D eigenvalue weighted by atomic mass is 16.3. The standard InChI is InChI=1S/C18H22N4O4/c23-13-12-21-8-10-22(11-9-21)18(7-6-14-4-2-1-3-5-14)15(24)19-17(26)20-16(18)25/h1-7,23H,8-13H2,(H2,19,20,24,25,26). The van der Waals surface area contributed by atoms with Crippen molar-refractivity contribution in [2.45, 2.75) is 5.54 Å². The van der Waals surface area contributed by atoms with Crippen molar-refractivity contribution in [3.63, 3.8) is 0 Å². The number of aliphatic hydroxyl groups is 1. The van der Waals surface area contributed by atoms with Gasteiger partial charge in [-0.05, 0) is 11.6 Å². The molecular weight excluding hydrogens is 336 g/mol. The van der Waals surface area contributed by atoms with Crippen molar-refractivity contribution in [3.05, 3.63) is 42.0 Å². The Hall–Kier alpha value is -2.55. The number of rotatable bonds is 5. The van der Waals surface area contributed by atoms with Crippen LogP contribution in [0.4, 0.5) is 4.79 Å². The van der Waals surface area contributed by atoms with Gasteiger partial charge in [0.2, 0.25) is 0 Å². The number of urea groups is 1. The van der Waals surface area contributed by atoms with Crippen molar-refractivity contribution in [2.75, 3.05) is 39.3 Å². The first kappa shape index (κ1) is 18.2. The fourth-order valence-corrected chi connectivity index (χ4v) is 3.32. The average molecular weight is 358 g/mol. The van der Waals surface area contributed by atoms with Gasteiger partial charge < -0.3 is 5.11 Å². The first-order valence-electron chi connectivity index (χ1n) is 8.55. The maximum Gasteiger partial charge on any atom is 0.328 e. The number of barbiturate groups is 1. The van der Waals surface area contributed by atoms with Crippen LogP contribution in [0.5, 0.6) is 0 Å². The number of hydrogen-bond acceptors (Lipinski definition) is 6. The molecule has 0 bridgehead atoms. The molecule has 2 fully saturated rings. The van der Waals surface area contributed by atoms with E-state index >= 15 is 0 Å². The SMILES string of the molecule is O=C1NC(=O)C(C=Cc2ccccc2)(N2CCN(CCO)CC2)C(=O)N1. The normalized spacial score (nSPS) is 21.7. The molecule has 138 valence electrons. The fraction of sp³-hybridized carbons (Fsp3) is 0.389. The second-order valence-electron chi connectivity index (χ2n) is 6.30. The maximum absolute atomic E-state index is 12.7. The number of β-amino-alcohol motifs (C(OH)–C–C–N with tert-alkyl or cyclic N) is 1. The van der Waals surface area contributed by atoms with E-state index in [0.717, 1.165) is 5.56 Å². The van der Waals surface area contributed by atoms with Crippen LogP contribution >= 0.6 is 0 Å². The van der Waals surface area contributed by atoms with Crippen molar-refractivity contribution in [2.24, 2.45) is 0 Å². The molecule has 3 N–H and O–H groups in total. The minimum atomic E-state index is -1.57. The molecule has 0 unspecified atom stereocenters. The van der Waals surface area contributed by atoms with Gasteiger partial charge in [0.25, 0.3) is 11.8 Å². The lowest BCUT2D eigenvalue weighted by molar-refractivity contribution is -0.145. The maximum atomic E-state index is 12.7. The summed E-state index contributed by atoms with van der Waals surface area (Å²) in [6.45, 7) is 2.79. The van der Waals surface area contributed by atoms with E-state index in [4.69, 9.17) is 5.11 Å². The lowest BCUT2D eigenvalue weighted by atomic mass is 9.90. The van der Waals surface area contributed by atoms with Gasteiger partial charge in [-0.1, -0.05) is 36.4 Å². The Balaban J connectivity index is 1.90. The van der Waals surface area contributed by atoms with Crippen molar-refractivity contribution in [1.82, 2.24) is 20.4 Å². The summed E-state index contributed by atoms with van der Waals surface area (Å²) >= 11 is 0. The minimum Gasteiger partial charge on any atom is -0.395 e. The molecule has 3 rings (SSSR count). The lowest BCUT2D eigenvalue weighted by Crippen LogP contribution is -2.74. The highest BCUT2D eigenvalue weighted by Gasteiger charge is 2.53. The Labute approximate surface area is 151 Å². The molecule has 0 radical (unpaired) electrons. The van der Waals surface area contributed by atoms with Gasteiger partial charge in [-0.15, -0.1) is 0 Å². The molecule has 8 heteroatoms. The molecule has 8 nitrogen and oxygen atoms in total. The summed E-state index contributed by atoms with van der Waals surface area (Å²) in [5.41, 5.74) is -0.724. The third kappa shape index (κ3) is 3.52. The van der Waals surface area contributed by atoms with E-state index in [2.05, 4.69) is 15.5 Å². The minimum absolute atomic E-state index is 0.0640. The molecule has 2 heterocycles. The summed E-state index contributed by atoms with van der Waals surface area (Å²) in [6, 6.07) is 8.55. The van der Waals surface area contributed by atoms with Crippen LogP contribution in [-0.4, -0.2) is 77.6 Å². The largest absolute Gasteiger partial charge is 0.395 e.